The van der Waals surface area contributed by atoms with Crippen LogP contribution in [0.1, 0.15) is 30.6 Å². The summed E-state index contributed by atoms with van der Waals surface area (Å²) in [6.45, 7) is 0.752. The van der Waals surface area contributed by atoms with E-state index in [0.717, 1.165) is 23.2 Å². The fourth-order valence-corrected chi connectivity index (χ4v) is 4.04. The van der Waals surface area contributed by atoms with Crippen LogP contribution in [0, 0.1) is 5.92 Å². The Morgan fingerprint density at radius 3 is 2.74 bits per heavy atom. The van der Waals surface area contributed by atoms with Crippen LogP contribution < -0.4 is 5.32 Å². The maximum atomic E-state index is 12.7. The lowest BCUT2D eigenvalue weighted by Gasteiger charge is -2.31. The third kappa shape index (κ3) is 4.76. The minimum Gasteiger partial charge on any atom is -0.314 e. The predicted octanol–water partition coefficient (Wildman–Crippen LogP) is 4.76. The molecule has 0 amide bonds. The van der Waals surface area contributed by atoms with Crippen LogP contribution in [0.3, 0.4) is 0 Å². The molecule has 1 saturated carbocycles. The van der Waals surface area contributed by atoms with E-state index < -0.39 is 12.1 Å². The molecule has 1 aliphatic carbocycles. The van der Waals surface area contributed by atoms with Gasteiger partial charge in [-0.25, -0.2) is 0 Å². The molecule has 2 atom stereocenters. The Morgan fingerprint density at radius 2 is 2.11 bits per heavy atom. The van der Waals surface area contributed by atoms with Crippen LogP contribution in [-0.4, -0.2) is 18.8 Å². The van der Waals surface area contributed by atoms with Gasteiger partial charge in [-0.3, -0.25) is 0 Å². The smallest absolute Gasteiger partial charge is 0.314 e. The first kappa shape index (κ1) is 15.3. The van der Waals surface area contributed by atoms with E-state index in [9.17, 15) is 13.2 Å². The summed E-state index contributed by atoms with van der Waals surface area (Å²) >= 11 is 5.08. The van der Waals surface area contributed by atoms with Crippen LogP contribution >= 0.6 is 27.3 Å². The van der Waals surface area contributed by atoms with Crippen LogP contribution in [0.25, 0.3) is 0 Å². The van der Waals surface area contributed by atoms with Crippen molar-refractivity contribution in [2.45, 2.75) is 44.3 Å². The summed E-state index contributed by atoms with van der Waals surface area (Å²) in [5, 5.41) is 3.27. The van der Waals surface area contributed by atoms with Gasteiger partial charge in [0.15, 0.2) is 0 Å². The van der Waals surface area contributed by atoms with Crippen LogP contribution in [0.4, 0.5) is 13.2 Å². The molecular formula is C13H17BrF3NS. The minimum atomic E-state index is -4.03. The number of rotatable bonds is 4. The van der Waals surface area contributed by atoms with Gasteiger partial charge in [0.1, 0.15) is 0 Å². The molecule has 0 bridgehead atoms. The van der Waals surface area contributed by atoms with Crippen molar-refractivity contribution >= 4 is 27.3 Å². The van der Waals surface area contributed by atoms with E-state index in [1.54, 1.807) is 11.3 Å². The minimum absolute atomic E-state index is 0.0174. The molecule has 1 heterocycles. The Balaban J connectivity index is 1.74. The average Bonchev–Trinajstić information content (AvgIpc) is 2.74. The van der Waals surface area contributed by atoms with E-state index in [0.29, 0.717) is 12.8 Å². The second kappa shape index (κ2) is 6.59. The number of thiophene rings is 1. The van der Waals surface area contributed by atoms with Crippen molar-refractivity contribution in [2.75, 3.05) is 6.54 Å². The highest BCUT2D eigenvalue weighted by Crippen LogP contribution is 2.37. The van der Waals surface area contributed by atoms with Gasteiger partial charge in [-0.2, -0.15) is 13.2 Å². The molecule has 1 fully saturated rings. The van der Waals surface area contributed by atoms with Crippen molar-refractivity contribution in [3.63, 3.8) is 0 Å². The first-order valence-electron chi connectivity index (χ1n) is 6.49. The first-order chi connectivity index (χ1) is 8.95. The maximum absolute atomic E-state index is 12.7. The summed E-state index contributed by atoms with van der Waals surface area (Å²) in [6, 6.07) is 4.07. The summed E-state index contributed by atoms with van der Waals surface area (Å²) in [4.78, 5) is 1.25. The van der Waals surface area contributed by atoms with Gasteiger partial charge >= 0.3 is 6.18 Å². The highest BCUT2D eigenvalue weighted by Gasteiger charge is 2.41. The monoisotopic (exact) mass is 355 g/mol. The molecule has 1 aromatic rings. The largest absolute Gasteiger partial charge is 0.391 e. The molecule has 0 aliphatic heterocycles. The van der Waals surface area contributed by atoms with Gasteiger partial charge < -0.3 is 5.32 Å². The Morgan fingerprint density at radius 1 is 1.32 bits per heavy atom. The molecule has 1 nitrogen and oxygen atoms in total. The van der Waals surface area contributed by atoms with Gasteiger partial charge in [-0.15, -0.1) is 11.3 Å². The fraction of sp³-hybridized carbons (Fsp3) is 0.692. The third-order valence-corrected chi connectivity index (χ3v) is 5.25. The van der Waals surface area contributed by atoms with Gasteiger partial charge in [-0.05, 0) is 53.7 Å². The fourth-order valence-electron chi connectivity index (χ4n) is 2.56. The van der Waals surface area contributed by atoms with E-state index in [4.69, 9.17) is 0 Å². The lowest BCUT2D eigenvalue weighted by Crippen LogP contribution is -2.39. The Hall–Kier alpha value is -0.0700. The molecular weight excluding hydrogens is 339 g/mol. The molecule has 0 spiro atoms. The molecule has 2 unspecified atom stereocenters. The van der Waals surface area contributed by atoms with Crippen LogP contribution in [-0.2, 0) is 6.42 Å². The summed E-state index contributed by atoms with van der Waals surface area (Å²) in [5.41, 5.74) is 0. The zero-order valence-electron chi connectivity index (χ0n) is 10.5. The third-order valence-electron chi connectivity index (χ3n) is 3.57. The molecule has 1 aromatic heterocycles. The van der Waals surface area contributed by atoms with E-state index in [2.05, 4.69) is 27.3 Å². The van der Waals surface area contributed by atoms with Crippen molar-refractivity contribution in [2.24, 2.45) is 5.92 Å². The van der Waals surface area contributed by atoms with Crippen LogP contribution in [0.5, 0.6) is 0 Å². The normalized spacial score (nSPS) is 24.6. The van der Waals surface area contributed by atoms with Crippen molar-refractivity contribution in [1.82, 2.24) is 5.32 Å². The summed E-state index contributed by atoms with van der Waals surface area (Å²) < 4.78 is 39.1. The second-order valence-corrected chi connectivity index (χ2v) is 7.56. The zero-order chi connectivity index (χ0) is 13.9. The highest BCUT2D eigenvalue weighted by molar-refractivity contribution is 9.11. The molecule has 0 saturated heterocycles. The van der Waals surface area contributed by atoms with Crippen LogP contribution in [0.2, 0.25) is 0 Å². The van der Waals surface area contributed by atoms with Gasteiger partial charge in [-0.1, -0.05) is 6.42 Å². The van der Waals surface area contributed by atoms with Crippen LogP contribution in [0.15, 0.2) is 15.9 Å². The van der Waals surface area contributed by atoms with Crippen molar-refractivity contribution in [3.8, 4) is 0 Å². The molecule has 2 rings (SSSR count). The summed E-state index contributed by atoms with van der Waals surface area (Å²) in [5.74, 6) is -1.12. The number of nitrogens with one attached hydrogen (secondary N) is 1. The molecule has 1 N–H and O–H groups in total. The zero-order valence-corrected chi connectivity index (χ0v) is 12.9. The number of hydrogen-bond donors (Lipinski definition) is 1. The molecule has 19 heavy (non-hydrogen) atoms. The van der Waals surface area contributed by atoms with E-state index in [-0.39, 0.29) is 12.5 Å². The van der Waals surface area contributed by atoms with Gasteiger partial charge in [0.25, 0.3) is 0 Å². The SMILES string of the molecule is FC(F)(F)C1CCCC(NCCc2ccc(Br)s2)C1. The Kier molecular flexibility index (Phi) is 5.31. The predicted molar refractivity (Wildman–Crippen MR) is 75.5 cm³/mol. The van der Waals surface area contributed by atoms with Gasteiger partial charge in [0.2, 0.25) is 0 Å². The molecule has 1 aliphatic rings. The van der Waals surface area contributed by atoms with Gasteiger partial charge in [0, 0.05) is 17.5 Å². The summed E-state index contributed by atoms with van der Waals surface area (Å²) in [6.07, 6.45) is -1.09. The Labute approximate surface area is 123 Å². The standard InChI is InChI=1S/C13H17BrF3NS/c14-12-5-4-11(19-12)6-7-18-10-3-1-2-9(8-10)13(15,16)17/h4-5,9-10,18H,1-3,6-8H2. The molecule has 0 radical (unpaired) electrons. The number of hydrogen-bond acceptors (Lipinski definition) is 2. The quantitative estimate of drug-likeness (QED) is 0.820. The van der Waals surface area contributed by atoms with Crippen molar-refractivity contribution in [1.29, 1.82) is 0 Å². The first-order valence-corrected chi connectivity index (χ1v) is 8.10. The van der Waals surface area contributed by atoms with E-state index in [1.165, 1.54) is 4.88 Å². The second-order valence-electron chi connectivity index (χ2n) is 5.01. The number of alkyl halides is 3. The topological polar surface area (TPSA) is 12.0 Å². The van der Waals surface area contributed by atoms with Crippen molar-refractivity contribution in [3.05, 3.63) is 20.8 Å². The van der Waals surface area contributed by atoms with E-state index in [1.807, 2.05) is 6.07 Å². The van der Waals surface area contributed by atoms with E-state index >= 15 is 0 Å². The summed E-state index contributed by atoms with van der Waals surface area (Å²) in [7, 11) is 0. The van der Waals surface area contributed by atoms with Gasteiger partial charge in [0.05, 0.1) is 9.70 Å². The molecule has 0 aromatic carbocycles. The highest BCUT2D eigenvalue weighted by atomic mass is 79.9. The van der Waals surface area contributed by atoms with Crippen molar-refractivity contribution < 1.29 is 13.2 Å². The molecule has 108 valence electrons. The lowest BCUT2D eigenvalue weighted by molar-refractivity contribution is -0.183. The average molecular weight is 356 g/mol. The number of halogens is 4. The lowest BCUT2D eigenvalue weighted by atomic mass is 9.85. The Bertz CT molecular complexity index is 405. The maximum Gasteiger partial charge on any atom is 0.391 e. The molecule has 6 heteroatoms.